The minimum absolute atomic E-state index is 0.150. The van der Waals surface area contributed by atoms with Gasteiger partial charge in [-0.3, -0.25) is 0 Å². The van der Waals surface area contributed by atoms with E-state index in [1.54, 1.807) is 0 Å². The van der Waals surface area contributed by atoms with E-state index in [4.69, 9.17) is 0 Å². The highest BCUT2D eigenvalue weighted by molar-refractivity contribution is 6.17. The molecule has 0 unspecified atom stereocenters. The Labute approximate surface area is 494 Å². The summed E-state index contributed by atoms with van der Waals surface area (Å²) in [6.07, 6.45) is 0. The van der Waals surface area contributed by atoms with Crippen LogP contribution in [0.5, 0.6) is 0 Å². The SMILES string of the molecule is CC1(C)c2ccccc2-c2ccc(N(c3ccccc3)c3ccc4c5c(-c6ccccc6)cccc5n(-c5ccc6c7ccc(-c8cccc9c8C8(c%10ccccc%10-c%10ccccc%108)c8ccccc8-9)cc7n(-c7ccccc7)c6c5)c4c3)cc21. The maximum Gasteiger partial charge on any atom is 0.0731 e. The van der Waals surface area contributed by atoms with E-state index in [0.717, 1.165) is 45.0 Å². The third kappa shape index (κ3) is 6.61. The van der Waals surface area contributed by atoms with E-state index in [2.05, 4.69) is 325 Å². The number of benzene rings is 13. The maximum absolute atomic E-state index is 2.52. The Morgan fingerprint density at radius 3 is 1.46 bits per heavy atom. The van der Waals surface area contributed by atoms with Gasteiger partial charge in [0, 0.05) is 55.4 Å². The van der Waals surface area contributed by atoms with Gasteiger partial charge in [0.2, 0.25) is 0 Å². The zero-order valence-corrected chi connectivity index (χ0v) is 47.1. The third-order valence-electron chi connectivity index (χ3n) is 19.3. The van der Waals surface area contributed by atoms with Gasteiger partial charge in [-0.1, -0.05) is 238 Å². The molecule has 0 bridgehead atoms. The van der Waals surface area contributed by atoms with Gasteiger partial charge in [0.25, 0.3) is 0 Å². The lowest BCUT2D eigenvalue weighted by Crippen LogP contribution is -2.26. The molecule has 0 radical (unpaired) electrons. The molecule has 0 saturated carbocycles. The summed E-state index contributed by atoms with van der Waals surface area (Å²) < 4.78 is 5.02. The summed E-state index contributed by atoms with van der Waals surface area (Å²) in [4.78, 5) is 2.44. The third-order valence-corrected chi connectivity index (χ3v) is 19.3. The van der Waals surface area contributed by atoms with Crippen molar-refractivity contribution < 1.29 is 0 Å². The smallest absolute Gasteiger partial charge is 0.0731 e. The molecule has 3 heteroatoms. The van der Waals surface area contributed by atoms with Crippen LogP contribution in [-0.2, 0) is 10.8 Å². The number of hydrogen-bond donors (Lipinski definition) is 0. The number of rotatable bonds is 7. The molecule has 13 aromatic carbocycles. The van der Waals surface area contributed by atoms with Crippen molar-refractivity contribution in [2.75, 3.05) is 4.90 Å². The van der Waals surface area contributed by atoms with Gasteiger partial charge in [0.05, 0.1) is 27.5 Å². The number of fused-ring (bicyclic) bond motifs is 19. The van der Waals surface area contributed by atoms with Crippen molar-refractivity contribution in [1.29, 1.82) is 0 Å². The lowest BCUT2D eigenvalue weighted by Gasteiger charge is -2.32. The fraction of sp³-hybridized carbons (Fsp3) is 0.0488. The van der Waals surface area contributed by atoms with Crippen LogP contribution in [-0.4, -0.2) is 9.13 Å². The van der Waals surface area contributed by atoms with E-state index in [-0.39, 0.29) is 5.41 Å². The van der Waals surface area contributed by atoms with Gasteiger partial charge in [-0.05, 0) is 162 Å². The van der Waals surface area contributed by atoms with Crippen LogP contribution in [0.2, 0.25) is 0 Å². The lowest BCUT2D eigenvalue weighted by molar-refractivity contribution is 0.660. The predicted molar refractivity (Wildman–Crippen MR) is 355 cm³/mol. The Morgan fingerprint density at radius 2 is 0.753 bits per heavy atom. The molecular weight excluding hydrogens is 1030 g/mol. The number of aromatic nitrogens is 2. The Balaban J connectivity index is 0.866. The average molecular weight is 1080 g/mol. The van der Waals surface area contributed by atoms with Gasteiger partial charge < -0.3 is 14.0 Å². The Morgan fingerprint density at radius 1 is 0.271 bits per heavy atom. The highest BCUT2D eigenvalue weighted by Crippen LogP contribution is 2.64. The topological polar surface area (TPSA) is 13.1 Å². The molecule has 1 spiro atoms. The van der Waals surface area contributed by atoms with E-state index in [0.29, 0.717) is 0 Å². The van der Waals surface area contributed by atoms with Gasteiger partial charge in [0.1, 0.15) is 0 Å². The van der Waals surface area contributed by atoms with Crippen molar-refractivity contribution in [3.05, 3.63) is 331 Å². The van der Waals surface area contributed by atoms with Crippen LogP contribution in [0, 0.1) is 0 Å². The van der Waals surface area contributed by atoms with Crippen LogP contribution < -0.4 is 4.90 Å². The van der Waals surface area contributed by atoms with Crippen molar-refractivity contribution in [2.24, 2.45) is 0 Å². The highest BCUT2D eigenvalue weighted by atomic mass is 15.1. The first kappa shape index (κ1) is 47.9. The van der Waals surface area contributed by atoms with E-state index >= 15 is 0 Å². The summed E-state index contributed by atoms with van der Waals surface area (Å²) >= 11 is 0. The van der Waals surface area contributed by atoms with E-state index in [1.165, 1.54) is 116 Å². The van der Waals surface area contributed by atoms with Crippen LogP contribution >= 0.6 is 0 Å². The second kappa shape index (κ2) is 17.9. The Kier molecular flexibility index (Phi) is 10.1. The number of para-hydroxylation sites is 2. The second-order valence-electron chi connectivity index (χ2n) is 23.9. The van der Waals surface area contributed by atoms with Crippen molar-refractivity contribution in [1.82, 2.24) is 9.13 Å². The van der Waals surface area contributed by atoms with Gasteiger partial charge >= 0.3 is 0 Å². The van der Waals surface area contributed by atoms with Crippen LogP contribution in [0.4, 0.5) is 17.1 Å². The molecule has 0 saturated heterocycles. The van der Waals surface area contributed by atoms with Gasteiger partial charge in [-0.15, -0.1) is 0 Å². The Bertz CT molecular complexity index is 5210. The summed E-state index contributed by atoms with van der Waals surface area (Å²) in [6, 6.07) is 111. The summed E-state index contributed by atoms with van der Waals surface area (Å²) in [5.41, 5.74) is 30.3. The Hall–Kier alpha value is -10.7. The highest BCUT2D eigenvalue weighted by Gasteiger charge is 2.52. The minimum Gasteiger partial charge on any atom is -0.310 e. The predicted octanol–water partition coefficient (Wildman–Crippen LogP) is 21.3. The van der Waals surface area contributed by atoms with Crippen LogP contribution in [0.1, 0.15) is 47.2 Å². The largest absolute Gasteiger partial charge is 0.310 e. The molecule has 15 aromatic rings. The molecule has 3 nitrogen and oxygen atoms in total. The van der Waals surface area contributed by atoms with Gasteiger partial charge in [-0.2, -0.15) is 0 Å². The molecule has 18 rings (SSSR count). The molecule has 2 aromatic heterocycles. The first-order chi connectivity index (χ1) is 41.9. The fourth-order valence-electron chi connectivity index (χ4n) is 15.8. The first-order valence-electron chi connectivity index (χ1n) is 29.7. The molecule has 398 valence electrons. The quantitative estimate of drug-likeness (QED) is 0.155. The van der Waals surface area contributed by atoms with Gasteiger partial charge in [0.15, 0.2) is 0 Å². The molecule has 0 aliphatic heterocycles. The molecule has 85 heavy (non-hydrogen) atoms. The molecule has 0 atom stereocenters. The standard InChI is InChI=1S/C82H55N3/c1-81(2)70-35-16-12-28-61(70)65-45-41-56(49-74(65)81)83(54-24-8-4-9-25-54)57-43-47-69-78(50-57)85(75-39-21-32-59(79(69)75)52-22-6-3-7-23-52)58-42-46-67-66-44-40-53(48-76(66)84(77(67)51-58)55-26-10-5-11-27-55)60-33-20-34-68-64-31-15-19-38-73(64)82(80(60)68)71-36-17-13-29-62(71)63-30-14-18-37-72(63)82/h3-51H,1-2H3. The maximum atomic E-state index is 2.52. The molecule has 0 N–H and O–H groups in total. The first-order valence-corrected chi connectivity index (χ1v) is 29.7. The number of anilines is 3. The van der Waals surface area contributed by atoms with Gasteiger partial charge in [-0.25, -0.2) is 0 Å². The minimum atomic E-state index is -0.475. The molecule has 0 fully saturated rings. The van der Waals surface area contributed by atoms with E-state index < -0.39 is 5.41 Å². The van der Waals surface area contributed by atoms with Crippen molar-refractivity contribution in [3.63, 3.8) is 0 Å². The van der Waals surface area contributed by atoms with Crippen LogP contribution in [0.15, 0.2) is 297 Å². The molecule has 3 aliphatic carbocycles. The fourth-order valence-corrected chi connectivity index (χ4v) is 15.8. The van der Waals surface area contributed by atoms with Crippen molar-refractivity contribution in [3.8, 4) is 67.0 Å². The summed E-state index contributed by atoms with van der Waals surface area (Å²) in [6.45, 7) is 4.74. The van der Waals surface area contributed by atoms with E-state index in [1.807, 2.05) is 0 Å². The van der Waals surface area contributed by atoms with Crippen molar-refractivity contribution in [2.45, 2.75) is 24.7 Å². The van der Waals surface area contributed by atoms with Crippen molar-refractivity contribution >= 4 is 60.7 Å². The zero-order valence-electron chi connectivity index (χ0n) is 47.1. The van der Waals surface area contributed by atoms with E-state index in [9.17, 15) is 0 Å². The lowest BCUT2D eigenvalue weighted by atomic mass is 9.68. The molecule has 2 heterocycles. The van der Waals surface area contributed by atoms with Crippen LogP contribution in [0.25, 0.3) is 111 Å². The number of nitrogens with zero attached hydrogens (tertiary/aromatic N) is 3. The number of hydrogen-bond acceptors (Lipinski definition) is 1. The summed E-state index contributed by atoms with van der Waals surface area (Å²) in [5, 5.41) is 4.85. The molecule has 3 aliphatic rings. The summed E-state index contributed by atoms with van der Waals surface area (Å²) in [7, 11) is 0. The molecule has 0 amide bonds. The second-order valence-corrected chi connectivity index (χ2v) is 23.9. The zero-order chi connectivity index (χ0) is 56.1. The molecular formula is C82H55N3. The normalized spacial score (nSPS) is 13.7. The monoisotopic (exact) mass is 1080 g/mol. The average Bonchev–Trinajstić information content (AvgIpc) is 1.62. The van der Waals surface area contributed by atoms with Crippen LogP contribution in [0.3, 0.4) is 0 Å². The summed E-state index contributed by atoms with van der Waals surface area (Å²) in [5.74, 6) is 0.